The number of nitrogens with two attached hydrogens (primary N) is 1. The minimum Gasteiger partial charge on any atom is -0.465 e. The SMILES string of the molecule is Cc1ccc(CNC(=O)c2ccc(C#CCN)cn2)o1. The maximum Gasteiger partial charge on any atom is 0.270 e. The summed E-state index contributed by atoms with van der Waals surface area (Å²) in [5.74, 6) is 6.85. The maximum absolute atomic E-state index is 11.9. The number of nitrogens with zero attached hydrogens (tertiary/aromatic N) is 1. The van der Waals surface area contributed by atoms with Crippen molar-refractivity contribution < 1.29 is 9.21 Å². The van der Waals surface area contributed by atoms with Crippen molar-refractivity contribution in [2.75, 3.05) is 6.54 Å². The normalized spacial score (nSPS) is 9.70. The molecule has 2 aromatic heterocycles. The third-order valence-electron chi connectivity index (χ3n) is 2.55. The van der Waals surface area contributed by atoms with Gasteiger partial charge in [0.05, 0.1) is 13.1 Å². The highest BCUT2D eigenvalue weighted by molar-refractivity contribution is 5.92. The van der Waals surface area contributed by atoms with Crippen LogP contribution in [0, 0.1) is 18.8 Å². The maximum atomic E-state index is 11.9. The Morgan fingerprint density at radius 2 is 2.25 bits per heavy atom. The molecule has 0 spiro atoms. The molecule has 0 bridgehead atoms. The number of hydrogen-bond donors (Lipinski definition) is 2. The Morgan fingerprint density at radius 3 is 2.85 bits per heavy atom. The Labute approximate surface area is 117 Å². The topological polar surface area (TPSA) is 81.2 Å². The number of nitrogens with one attached hydrogen (secondary N) is 1. The van der Waals surface area contributed by atoms with E-state index in [0.29, 0.717) is 24.5 Å². The fourth-order valence-corrected chi connectivity index (χ4v) is 1.59. The zero-order valence-electron chi connectivity index (χ0n) is 11.1. The van der Waals surface area contributed by atoms with Crippen LogP contribution in [0.3, 0.4) is 0 Å². The summed E-state index contributed by atoms with van der Waals surface area (Å²) in [5.41, 5.74) is 6.35. The van der Waals surface area contributed by atoms with Crippen molar-refractivity contribution in [1.29, 1.82) is 0 Å². The molecule has 0 aromatic carbocycles. The average molecular weight is 269 g/mol. The average Bonchev–Trinajstić information content (AvgIpc) is 2.89. The van der Waals surface area contributed by atoms with Crippen LogP contribution in [0.5, 0.6) is 0 Å². The van der Waals surface area contributed by atoms with Crippen LogP contribution in [-0.2, 0) is 6.54 Å². The summed E-state index contributed by atoms with van der Waals surface area (Å²) >= 11 is 0. The zero-order chi connectivity index (χ0) is 14.4. The number of carbonyl (C=O) groups is 1. The lowest BCUT2D eigenvalue weighted by atomic mass is 10.2. The number of pyridine rings is 1. The van der Waals surface area contributed by atoms with Crippen molar-refractivity contribution in [2.24, 2.45) is 5.73 Å². The molecule has 0 radical (unpaired) electrons. The molecule has 0 unspecified atom stereocenters. The van der Waals surface area contributed by atoms with E-state index in [0.717, 1.165) is 11.3 Å². The van der Waals surface area contributed by atoms with Gasteiger partial charge in [0.1, 0.15) is 17.2 Å². The van der Waals surface area contributed by atoms with Crippen LogP contribution >= 0.6 is 0 Å². The van der Waals surface area contributed by atoms with E-state index >= 15 is 0 Å². The fraction of sp³-hybridized carbons (Fsp3) is 0.200. The van der Waals surface area contributed by atoms with Gasteiger partial charge in [0.25, 0.3) is 5.91 Å². The van der Waals surface area contributed by atoms with E-state index < -0.39 is 0 Å². The number of rotatable bonds is 3. The zero-order valence-corrected chi connectivity index (χ0v) is 11.1. The summed E-state index contributed by atoms with van der Waals surface area (Å²) in [4.78, 5) is 15.9. The lowest BCUT2D eigenvalue weighted by molar-refractivity contribution is 0.0943. The number of hydrogen-bond acceptors (Lipinski definition) is 4. The highest BCUT2D eigenvalue weighted by Gasteiger charge is 2.07. The highest BCUT2D eigenvalue weighted by atomic mass is 16.3. The van der Waals surface area contributed by atoms with Crippen LogP contribution in [0.2, 0.25) is 0 Å². The van der Waals surface area contributed by atoms with Gasteiger partial charge in [-0.1, -0.05) is 11.8 Å². The number of aromatic nitrogens is 1. The van der Waals surface area contributed by atoms with E-state index in [9.17, 15) is 4.79 Å². The van der Waals surface area contributed by atoms with E-state index in [1.54, 1.807) is 18.3 Å². The Hall–Kier alpha value is -2.58. The van der Waals surface area contributed by atoms with E-state index in [1.807, 2.05) is 19.1 Å². The van der Waals surface area contributed by atoms with Crippen LogP contribution in [0.1, 0.15) is 27.6 Å². The van der Waals surface area contributed by atoms with Gasteiger partial charge in [0.2, 0.25) is 0 Å². The molecule has 20 heavy (non-hydrogen) atoms. The van der Waals surface area contributed by atoms with E-state index in [4.69, 9.17) is 10.2 Å². The molecule has 0 atom stereocenters. The Bertz CT molecular complexity index is 648. The number of carbonyl (C=O) groups excluding carboxylic acids is 1. The minimum atomic E-state index is -0.252. The highest BCUT2D eigenvalue weighted by Crippen LogP contribution is 2.06. The van der Waals surface area contributed by atoms with Crippen molar-refractivity contribution >= 4 is 5.91 Å². The molecule has 0 aliphatic heterocycles. The first-order valence-corrected chi connectivity index (χ1v) is 6.17. The molecule has 0 aliphatic rings. The molecule has 2 heterocycles. The third-order valence-corrected chi connectivity index (χ3v) is 2.55. The van der Waals surface area contributed by atoms with Crippen LogP contribution in [-0.4, -0.2) is 17.4 Å². The molecule has 102 valence electrons. The summed E-state index contributed by atoms with van der Waals surface area (Å²) < 4.78 is 5.37. The number of aryl methyl sites for hydroxylation is 1. The van der Waals surface area contributed by atoms with Crippen LogP contribution < -0.4 is 11.1 Å². The minimum absolute atomic E-state index is 0.252. The van der Waals surface area contributed by atoms with Crippen molar-refractivity contribution in [2.45, 2.75) is 13.5 Å². The van der Waals surface area contributed by atoms with Gasteiger partial charge in [0.15, 0.2) is 0 Å². The van der Waals surface area contributed by atoms with Crippen LogP contribution in [0.25, 0.3) is 0 Å². The van der Waals surface area contributed by atoms with Gasteiger partial charge in [-0.3, -0.25) is 4.79 Å². The Morgan fingerprint density at radius 1 is 1.40 bits per heavy atom. The predicted octanol–water partition coefficient (Wildman–Crippen LogP) is 1.22. The number of amides is 1. The summed E-state index contributed by atoms with van der Waals surface area (Å²) in [7, 11) is 0. The smallest absolute Gasteiger partial charge is 0.270 e. The molecule has 0 aliphatic carbocycles. The summed E-state index contributed by atoms with van der Waals surface area (Å²) in [6.07, 6.45) is 1.55. The van der Waals surface area contributed by atoms with Crippen molar-refractivity contribution in [3.63, 3.8) is 0 Å². The fourth-order valence-electron chi connectivity index (χ4n) is 1.59. The first-order chi connectivity index (χ1) is 9.69. The van der Waals surface area contributed by atoms with Crippen LogP contribution in [0.4, 0.5) is 0 Å². The molecular formula is C15H15N3O2. The molecule has 0 saturated heterocycles. The monoisotopic (exact) mass is 269 g/mol. The second-order valence-electron chi connectivity index (χ2n) is 4.13. The van der Waals surface area contributed by atoms with Gasteiger partial charge >= 0.3 is 0 Å². The lowest BCUT2D eigenvalue weighted by Gasteiger charge is -2.02. The van der Waals surface area contributed by atoms with Crippen molar-refractivity contribution in [3.8, 4) is 11.8 Å². The molecule has 1 amide bonds. The van der Waals surface area contributed by atoms with E-state index in [2.05, 4.69) is 22.1 Å². The van der Waals surface area contributed by atoms with Gasteiger partial charge in [-0.25, -0.2) is 4.98 Å². The van der Waals surface area contributed by atoms with Crippen molar-refractivity contribution in [3.05, 3.63) is 53.2 Å². The summed E-state index contributed by atoms with van der Waals surface area (Å²) in [5, 5.41) is 2.74. The lowest BCUT2D eigenvalue weighted by Crippen LogP contribution is -2.23. The first kappa shape index (κ1) is 13.8. The largest absolute Gasteiger partial charge is 0.465 e. The van der Waals surface area contributed by atoms with Gasteiger partial charge in [-0.05, 0) is 31.2 Å². The molecular weight excluding hydrogens is 254 g/mol. The summed E-state index contributed by atoms with van der Waals surface area (Å²) in [6.45, 7) is 2.49. The molecule has 5 heteroatoms. The second-order valence-corrected chi connectivity index (χ2v) is 4.13. The van der Waals surface area contributed by atoms with Gasteiger partial charge in [-0.15, -0.1) is 0 Å². The number of furan rings is 1. The second kappa shape index (κ2) is 6.55. The van der Waals surface area contributed by atoms with Gasteiger partial charge < -0.3 is 15.5 Å². The standard InChI is InChI=1S/C15H15N3O2/c1-11-4-6-13(20-11)10-18-15(19)14-7-5-12(9-17-14)3-2-8-16/h4-7,9H,8,10,16H2,1H3,(H,18,19). The quantitative estimate of drug-likeness (QED) is 0.821. The molecule has 3 N–H and O–H groups in total. The van der Waals surface area contributed by atoms with Gasteiger partial charge in [-0.2, -0.15) is 0 Å². The molecule has 2 aromatic rings. The predicted molar refractivity (Wildman–Crippen MR) is 74.8 cm³/mol. The summed E-state index contributed by atoms with van der Waals surface area (Å²) in [6, 6.07) is 7.05. The molecule has 2 rings (SSSR count). The van der Waals surface area contributed by atoms with Crippen LogP contribution in [0.15, 0.2) is 34.9 Å². The third kappa shape index (κ3) is 3.70. The Kier molecular flexibility index (Phi) is 4.53. The Balaban J connectivity index is 1.95. The van der Waals surface area contributed by atoms with E-state index in [-0.39, 0.29) is 5.91 Å². The van der Waals surface area contributed by atoms with E-state index in [1.165, 1.54) is 0 Å². The molecule has 0 fully saturated rings. The molecule has 5 nitrogen and oxygen atoms in total. The molecule has 0 saturated carbocycles. The van der Waals surface area contributed by atoms with Gasteiger partial charge in [0, 0.05) is 11.8 Å². The van der Waals surface area contributed by atoms with Crippen molar-refractivity contribution in [1.82, 2.24) is 10.3 Å². The first-order valence-electron chi connectivity index (χ1n) is 6.17.